The summed E-state index contributed by atoms with van der Waals surface area (Å²) in [6, 6.07) is 4.48. The van der Waals surface area contributed by atoms with Crippen molar-refractivity contribution in [3.8, 4) is 0 Å². The quantitative estimate of drug-likeness (QED) is 0.532. The third-order valence-corrected chi connectivity index (χ3v) is 3.05. The first kappa shape index (κ1) is 11.9. The number of anilines is 1. The van der Waals surface area contributed by atoms with Crippen molar-refractivity contribution in [1.82, 2.24) is 0 Å². The van der Waals surface area contributed by atoms with E-state index in [-0.39, 0.29) is 5.84 Å². The Bertz CT molecular complexity index is 459. The number of nitrogen functional groups attached to an aromatic ring is 1. The van der Waals surface area contributed by atoms with E-state index in [0.29, 0.717) is 30.8 Å². The van der Waals surface area contributed by atoms with Crippen molar-refractivity contribution in [2.75, 3.05) is 18.0 Å². The maximum absolute atomic E-state index is 13.8. The molecular weight excluding hydrogens is 221 g/mol. The molecular formula is C12H16FN3O. The molecule has 17 heavy (non-hydrogen) atoms. The normalized spacial score (nSPS) is 24.1. The molecule has 1 atom stereocenters. The first-order valence-corrected chi connectivity index (χ1v) is 5.50. The second-order valence-corrected chi connectivity index (χ2v) is 4.75. The molecule has 0 spiro atoms. The standard InChI is InChI=1S/C12H16FN3O/c1-12(17)4-5-16(7-12)10-3-2-8(11(14)15)6-9(10)13/h2-3,6,17H,4-5,7H2,1H3,(H3,14,15). The van der Waals surface area contributed by atoms with E-state index < -0.39 is 11.4 Å². The molecule has 92 valence electrons. The molecule has 0 saturated carbocycles. The Labute approximate surface area is 99.4 Å². The van der Waals surface area contributed by atoms with Gasteiger partial charge < -0.3 is 15.7 Å². The molecule has 1 saturated heterocycles. The summed E-state index contributed by atoms with van der Waals surface area (Å²) in [5.41, 5.74) is 5.36. The van der Waals surface area contributed by atoms with Crippen molar-refractivity contribution in [2.45, 2.75) is 18.9 Å². The number of nitrogens with one attached hydrogen (secondary N) is 1. The number of β-amino-alcohol motifs (C(OH)–C–C–N with tert-alkyl or cyclic N) is 1. The highest BCUT2D eigenvalue weighted by atomic mass is 19.1. The maximum Gasteiger partial charge on any atom is 0.147 e. The van der Waals surface area contributed by atoms with Gasteiger partial charge in [0, 0.05) is 18.7 Å². The third-order valence-electron chi connectivity index (χ3n) is 3.05. The average Bonchev–Trinajstić information content (AvgIpc) is 2.58. The van der Waals surface area contributed by atoms with Crippen molar-refractivity contribution in [3.05, 3.63) is 29.6 Å². The van der Waals surface area contributed by atoms with Crippen molar-refractivity contribution >= 4 is 11.5 Å². The van der Waals surface area contributed by atoms with E-state index in [1.807, 2.05) is 0 Å². The molecule has 1 heterocycles. The Morgan fingerprint density at radius 3 is 2.76 bits per heavy atom. The molecule has 0 bridgehead atoms. The zero-order valence-corrected chi connectivity index (χ0v) is 9.70. The predicted molar refractivity (Wildman–Crippen MR) is 64.9 cm³/mol. The highest BCUT2D eigenvalue weighted by molar-refractivity contribution is 5.95. The number of hydrogen-bond donors (Lipinski definition) is 3. The van der Waals surface area contributed by atoms with Gasteiger partial charge in [0.2, 0.25) is 0 Å². The molecule has 1 aromatic rings. The summed E-state index contributed by atoms with van der Waals surface area (Å²) < 4.78 is 13.8. The number of rotatable bonds is 2. The van der Waals surface area contributed by atoms with E-state index in [4.69, 9.17) is 11.1 Å². The number of amidine groups is 1. The first-order valence-electron chi connectivity index (χ1n) is 5.50. The predicted octanol–water partition coefficient (Wildman–Crippen LogP) is 1.07. The van der Waals surface area contributed by atoms with Crippen LogP contribution in [0.2, 0.25) is 0 Å². The van der Waals surface area contributed by atoms with Gasteiger partial charge in [-0.2, -0.15) is 0 Å². The van der Waals surface area contributed by atoms with Gasteiger partial charge in [-0.15, -0.1) is 0 Å². The second kappa shape index (κ2) is 4.00. The van der Waals surface area contributed by atoms with Gasteiger partial charge in [0.25, 0.3) is 0 Å². The van der Waals surface area contributed by atoms with E-state index in [2.05, 4.69) is 0 Å². The van der Waals surface area contributed by atoms with Gasteiger partial charge in [-0.1, -0.05) is 0 Å². The van der Waals surface area contributed by atoms with Crippen LogP contribution in [0.25, 0.3) is 0 Å². The van der Waals surface area contributed by atoms with Crippen LogP contribution in [0.4, 0.5) is 10.1 Å². The summed E-state index contributed by atoms with van der Waals surface area (Å²) in [6.45, 7) is 2.79. The van der Waals surface area contributed by atoms with Crippen LogP contribution >= 0.6 is 0 Å². The number of nitrogens with zero attached hydrogens (tertiary/aromatic N) is 1. The molecule has 1 aromatic carbocycles. The number of halogens is 1. The van der Waals surface area contributed by atoms with Crippen LogP contribution in [0.1, 0.15) is 18.9 Å². The SMILES string of the molecule is CC1(O)CCN(c2ccc(C(=N)N)cc2F)C1. The van der Waals surface area contributed by atoms with Gasteiger partial charge in [-0.25, -0.2) is 4.39 Å². The average molecular weight is 237 g/mol. The molecule has 0 radical (unpaired) electrons. The van der Waals surface area contributed by atoms with Crippen molar-refractivity contribution in [3.63, 3.8) is 0 Å². The summed E-state index contributed by atoms with van der Waals surface area (Å²) in [6.07, 6.45) is 0.626. The van der Waals surface area contributed by atoms with Crippen molar-refractivity contribution < 1.29 is 9.50 Å². The van der Waals surface area contributed by atoms with Crippen LogP contribution in [0.5, 0.6) is 0 Å². The van der Waals surface area contributed by atoms with Crippen LogP contribution in [0, 0.1) is 11.2 Å². The lowest BCUT2D eigenvalue weighted by Crippen LogP contribution is -2.30. The molecule has 5 heteroatoms. The highest BCUT2D eigenvalue weighted by Gasteiger charge is 2.32. The molecule has 1 aliphatic rings. The molecule has 0 aromatic heterocycles. The van der Waals surface area contributed by atoms with E-state index in [9.17, 15) is 9.50 Å². The van der Waals surface area contributed by atoms with Crippen LogP contribution in [0.15, 0.2) is 18.2 Å². The molecule has 0 amide bonds. The molecule has 2 rings (SSSR count). The van der Waals surface area contributed by atoms with Gasteiger partial charge in [-0.3, -0.25) is 5.41 Å². The smallest absolute Gasteiger partial charge is 0.147 e. The first-order chi connectivity index (χ1) is 7.89. The Hall–Kier alpha value is -1.62. The highest BCUT2D eigenvalue weighted by Crippen LogP contribution is 2.28. The molecule has 4 N–H and O–H groups in total. The van der Waals surface area contributed by atoms with E-state index in [1.54, 1.807) is 24.0 Å². The molecule has 1 fully saturated rings. The van der Waals surface area contributed by atoms with Crippen LogP contribution < -0.4 is 10.6 Å². The molecule has 4 nitrogen and oxygen atoms in total. The minimum atomic E-state index is -0.758. The summed E-state index contributed by atoms with van der Waals surface area (Å²) in [5.74, 6) is -0.556. The van der Waals surface area contributed by atoms with Crippen LogP contribution in [0.3, 0.4) is 0 Å². The van der Waals surface area contributed by atoms with Crippen molar-refractivity contribution in [1.29, 1.82) is 5.41 Å². The summed E-state index contributed by atoms with van der Waals surface area (Å²) in [5, 5.41) is 17.1. The number of benzene rings is 1. The lowest BCUT2D eigenvalue weighted by atomic mass is 10.1. The fraction of sp³-hybridized carbons (Fsp3) is 0.417. The maximum atomic E-state index is 13.8. The van der Waals surface area contributed by atoms with E-state index in [0.717, 1.165) is 0 Å². The van der Waals surface area contributed by atoms with E-state index in [1.165, 1.54) is 6.07 Å². The van der Waals surface area contributed by atoms with E-state index >= 15 is 0 Å². The second-order valence-electron chi connectivity index (χ2n) is 4.75. The fourth-order valence-corrected chi connectivity index (χ4v) is 2.08. The summed E-state index contributed by atoms with van der Waals surface area (Å²) in [4.78, 5) is 1.80. The van der Waals surface area contributed by atoms with Crippen molar-refractivity contribution in [2.24, 2.45) is 5.73 Å². The summed E-state index contributed by atoms with van der Waals surface area (Å²) >= 11 is 0. The third kappa shape index (κ3) is 2.39. The topological polar surface area (TPSA) is 73.3 Å². The lowest BCUT2D eigenvalue weighted by Gasteiger charge is -2.21. The minimum Gasteiger partial charge on any atom is -0.388 e. The number of hydrogen-bond acceptors (Lipinski definition) is 3. The summed E-state index contributed by atoms with van der Waals surface area (Å²) in [7, 11) is 0. The van der Waals surface area contributed by atoms with Crippen LogP contribution in [-0.2, 0) is 0 Å². The Balaban J connectivity index is 2.26. The van der Waals surface area contributed by atoms with Gasteiger partial charge >= 0.3 is 0 Å². The Morgan fingerprint density at radius 2 is 2.29 bits per heavy atom. The van der Waals surface area contributed by atoms with Gasteiger partial charge in [-0.05, 0) is 31.5 Å². The van der Waals surface area contributed by atoms with Gasteiger partial charge in [0.05, 0.1) is 11.3 Å². The Kier molecular flexibility index (Phi) is 2.79. The van der Waals surface area contributed by atoms with Crippen LogP contribution in [-0.4, -0.2) is 29.6 Å². The molecule has 1 unspecified atom stereocenters. The monoisotopic (exact) mass is 237 g/mol. The largest absolute Gasteiger partial charge is 0.388 e. The lowest BCUT2D eigenvalue weighted by molar-refractivity contribution is 0.0839. The zero-order valence-electron chi connectivity index (χ0n) is 9.70. The number of aliphatic hydroxyl groups is 1. The zero-order chi connectivity index (χ0) is 12.6. The molecule has 1 aliphatic heterocycles. The minimum absolute atomic E-state index is 0.149. The van der Waals surface area contributed by atoms with Gasteiger partial charge in [0.15, 0.2) is 0 Å². The van der Waals surface area contributed by atoms with Gasteiger partial charge in [0.1, 0.15) is 11.7 Å². The fourth-order valence-electron chi connectivity index (χ4n) is 2.08. The molecule has 0 aliphatic carbocycles. The number of nitrogens with two attached hydrogens (primary N) is 1. The Morgan fingerprint density at radius 1 is 1.59 bits per heavy atom.